The number of Topliss-reactive ketones (excluding diaryl/α,β-unsaturated/α-hetero) is 1. The lowest BCUT2D eigenvalue weighted by Gasteiger charge is -2.34. The summed E-state index contributed by atoms with van der Waals surface area (Å²) in [6.07, 6.45) is 8.05. The van der Waals surface area contributed by atoms with Gasteiger partial charge in [0.2, 0.25) is 0 Å². The van der Waals surface area contributed by atoms with Crippen LogP contribution in [0.15, 0.2) is 30.6 Å². The summed E-state index contributed by atoms with van der Waals surface area (Å²) in [6.45, 7) is 12.0. The number of aliphatic carboxylic acids is 1. The first-order valence-corrected chi connectivity index (χ1v) is 15.1. The molecule has 8 nitrogen and oxygen atoms in total. The van der Waals surface area contributed by atoms with Crippen LogP contribution in [0.4, 0.5) is 5.82 Å². The van der Waals surface area contributed by atoms with Gasteiger partial charge in [-0.3, -0.25) is 14.5 Å². The average molecular weight is 562 g/mol. The van der Waals surface area contributed by atoms with E-state index >= 15 is 0 Å². The monoisotopic (exact) mass is 561 g/mol. The largest absolute Gasteiger partial charge is 0.481 e. The molecule has 212 valence electrons. The normalized spacial score (nSPS) is 20.2. The zero-order chi connectivity index (χ0) is 28.4. The average Bonchev–Trinajstić information content (AvgIpc) is 3.53. The number of piperidine rings is 1. The second kappa shape index (κ2) is 11.7. The Morgan fingerprint density at radius 3 is 2.52 bits per heavy atom. The van der Waals surface area contributed by atoms with E-state index in [1.807, 2.05) is 4.90 Å². The van der Waals surface area contributed by atoms with Crippen molar-refractivity contribution in [3.8, 4) is 11.3 Å². The topological polar surface area (TPSA) is 99.5 Å². The molecule has 40 heavy (non-hydrogen) atoms. The molecule has 2 aliphatic rings. The highest BCUT2D eigenvalue weighted by Gasteiger charge is 2.35. The molecule has 3 aromatic rings. The van der Waals surface area contributed by atoms with Gasteiger partial charge in [-0.1, -0.05) is 19.1 Å². The van der Waals surface area contributed by atoms with Crippen LogP contribution in [0.25, 0.3) is 11.3 Å². The Bertz CT molecular complexity index is 1380. The zero-order valence-electron chi connectivity index (χ0n) is 23.9. The number of rotatable bonds is 9. The first-order chi connectivity index (χ1) is 19.2. The molecule has 0 bridgehead atoms. The number of carboxylic acid groups (broad SMARTS) is 1. The van der Waals surface area contributed by atoms with E-state index in [1.165, 1.54) is 35.0 Å². The van der Waals surface area contributed by atoms with Crippen LogP contribution >= 0.6 is 11.3 Å². The summed E-state index contributed by atoms with van der Waals surface area (Å²) in [5.74, 6) is -0.464. The summed E-state index contributed by atoms with van der Waals surface area (Å²) in [5.41, 5.74) is 5.08. The minimum atomic E-state index is -0.738. The van der Waals surface area contributed by atoms with Crippen molar-refractivity contribution in [3.63, 3.8) is 0 Å². The minimum absolute atomic E-state index is 0.102. The van der Waals surface area contributed by atoms with Crippen LogP contribution in [0.3, 0.4) is 0 Å². The number of thiazole rings is 1. The molecular formula is C31H39N5O3S. The Hall–Kier alpha value is -3.17. The van der Waals surface area contributed by atoms with E-state index in [4.69, 9.17) is 4.98 Å². The molecule has 2 aliphatic heterocycles. The van der Waals surface area contributed by atoms with Crippen LogP contribution in [-0.4, -0.2) is 61.9 Å². The molecule has 1 aromatic carbocycles. The molecule has 2 saturated heterocycles. The Morgan fingerprint density at radius 2 is 1.88 bits per heavy atom. The number of benzene rings is 1. The lowest BCUT2D eigenvalue weighted by atomic mass is 9.95. The van der Waals surface area contributed by atoms with Crippen molar-refractivity contribution in [1.82, 2.24) is 19.9 Å². The third-order valence-electron chi connectivity index (χ3n) is 8.93. The fourth-order valence-corrected chi connectivity index (χ4v) is 6.94. The smallest absolute Gasteiger partial charge is 0.306 e. The number of aromatic nitrogens is 3. The van der Waals surface area contributed by atoms with E-state index < -0.39 is 5.97 Å². The summed E-state index contributed by atoms with van der Waals surface area (Å²) < 4.78 is 0. The number of likely N-dealkylation sites (tertiary alicyclic amines) is 1. The van der Waals surface area contributed by atoms with Gasteiger partial charge in [0, 0.05) is 35.6 Å². The number of carboxylic acids is 1. The molecule has 1 N–H and O–H groups in total. The maximum Gasteiger partial charge on any atom is 0.306 e. The highest BCUT2D eigenvalue weighted by molar-refractivity contribution is 7.12. The maximum atomic E-state index is 13.2. The Labute approximate surface area is 240 Å². The number of aryl methyl sites for hydroxylation is 2. The van der Waals surface area contributed by atoms with E-state index in [-0.39, 0.29) is 23.7 Å². The molecule has 1 unspecified atom stereocenters. The maximum absolute atomic E-state index is 13.2. The van der Waals surface area contributed by atoms with Crippen LogP contribution in [0.1, 0.15) is 77.5 Å². The van der Waals surface area contributed by atoms with Crippen molar-refractivity contribution in [2.24, 2.45) is 5.92 Å². The summed E-state index contributed by atoms with van der Waals surface area (Å²) in [6, 6.07) is 6.48. The van der Waals surface area contributed by atoms with Gasteiger partial charge in [0.15, 0.2) is 5.78 Å². The first-order valence-electron chi connectivity index (χ1n) is 14.3. The molecule has 4 heterocycles. The van der Waals surface area contributed by atoms with E-state index in [1.54, 1.807) is 17.5 Å². The second-order valence-electron chi connectivity index (χ2n) is 11.5. The molecule has 0 saturated carbocycles. The molecule has 0 aliphatic carbocycles. The number of ketones is 1. The lowest BCUT2D eigenvalue weighted by Crippen LogP contribution is -2.39. The van der Waals surface area contributed by atoms with E-state index in [9.17, 15) is 14.7 Å². The molecule has 0 spiro atoms. The minimum Gasteiger partial charge on any atom is -0.481 e. The number of nitrogens with zero attached hydrogens (tertiary/aromatic N) is 5. The molecule has 0 amide bonds. The highest BCUT2D eigenvalue weighted by Crippen LogP contribution is 2.37. The van der Waals surface area contributed by atoms with Gasteiger partial charge < -0.3 is 10.0 Å². The predicted octanol–water partition coefficient (Wildman–Crippen LogP) is 5.71. The number of carbonyl (C=O) groups is 2. The summed E-state index contributed by atoms with van der Waals surface area (Å²) >= 11 is 1.64. The van der Waals surface area contributed by atoms with Crippen LogP contribution in [-0.2, 0) is 17.8 Å². The van der Waals surface area contributed by atoms with Crippen molar-refractivity contribution in [2.45, 2.75) is 78.3 Å². The molecule has 9 heteroatoms. The fraction of sp³-hybridized carbons (Fsp3) is 0.516. The van der Waals surface area contributed by atoms with Gasteiger partial charge in [0.1, 0.15) is 16.5 Å². The van der Waals surface area contributed by atoms with Gasteiger partial charge in [0.05, 0.1) is 30.4 Å². The molecule has 1 atom stereocenters. The fourth-order valence-electron chi connectivity index (χ4n) is 5.83. The van der Waals surface area contributed by atoms with Crippen molar-refractivity contribution in [2.75, 3.05) is 24.5 Å². The number of hydrogen-bond acceptors (Lipinski definition) is 8. The van der Waals surface area contributed by atoms with Crippen LogP contribution in [0, 0.1) is 19.8 Å². The summed E-state index contributed by atoms with van der Waals surface area (Å²) in [4.78, 5) is 44.2. The Morgan fingerprint density at radius 1 is 1.10 bits per heavy atom. The Balaban J connectivity index is 1.34. The van der Waals surface area contributed by atoms with Gasteiger partial charge >= 0.3 is 5.97 Å². The first kappa shape index (κ1) is 28.4. The number of carbonyl (C=O) groups excluding carboxylic acids is 1. The highest BCUT2D eigenvalue weighted by atomic mass is 32.1. The van der Waals surface area contributed by atoms with Gasteiger partial charge in [-0.25, -0.2) is 15.0 Å². The van der Waals surface area contributed by atoms with Crippen molar-refractivity contribution in [3.05, 3.63) is 57.3 Å². The number of anilines is 1. The van der Waals surface area contributed by atoms with Crippen molar-refractivity contribution in [1.29, 1.82) is 0 Å². The predicted molar refractivity (Wildman–Crippen MR) is 158 cm³/mol. The molecule has 5 rings (SSSR count). The van der Waals surface area contributed by atoms with Crippen LogP contribution in [0.2, 0.25) is 0 Å². The van der Waals surface area contributed by atoms with E-state index in [2.05, 4.69) is 60.8 Å². The third-order valence-corrected chi connectivity index (χ3v) is 9.97. The summed E-state index contributed by atoms with van der Waals surface area (Å²) in [5, 5.41) is 10.0. The number of hydrogen-bond donors (Lipinski definition) is 1. The molecule has 2 aromatic heterocycles. The standard InChI is InChI=1S/C31H39N5O3S/c1-5-31(4)11-6-12-36(31)19-26-29(23-8-7-20(2)21(3)15-23)34-28(40-26)16-25(37)24-17-33-27(18-32-24)35-13-9-22(10-14-35)30(38)39/h7-8,15,17-18,22H,5-6,9-14,16,19H2,1-4H3,(H,38,39). The third kappa shape index (κ3) is 5.95. The van der Waals surface area contributed by atoms with Crippen LogP contribution in [0.5, 0.6) is 0 Å². The van der Waals surface area contributed by atoms with Crippen LogP contribution < -0.4 is 4.90 Å². The summed E-state index contributed by atoms with van der Waals surface area (Å²) in [7, 11) is 0. The second-order valence-corrected chi connectivity index (χ2v) is 12.7. The molecule has 2 fully saturated rings. The molecule has 0 radical (unpaired) electrons. The molecular weight excluding hydrogens is 522 g/mol. The van der Waals surface area contributed by atoms with E-state index in [0.29, 0.717) is 37.4 Å². The van der Waals surface area contributed by atoms with Crippen molar-refractivity contribution >= 4 is 28.9 Å². The Kier molecular flexibility index (Phi) is 8.33. The van der Waals surface area contributed by atoms with Gasteiger partial charge in [-0.05, 0) is 76.6 Å². The van der Waals surface area contributed by atoms with Gasteiger partial charge in [-0.15, -0.1) is 11.3 Å². The zero-order valence-corrected chi connectivity index (χ0v) is 24.8. The van der Waals surface area contributed by atoms with Gasteiger partial charge in [0.25, 0.3) is 0 Å². The lowest BCUT2D eigenvalue weighted by molar-refractivity contribution is -0.142. The van der Waals surface area contributed by atoms with Crippen molar-refractivity contribution < 1.29 is 14.7 Å². The SMILES string of the molecule is CCC1(C)CCCN1Cc1sc(CC(=O)c2cnc(N3CCC(C(=O)O)CC3)cn2)nc1-c1ccc(C)c(C)c1. The van der Waals surface area contributed by atoms with E-state index in [0.717, 1.165) is 35.8 Å². The quantitative estimate of drug-likeness (QED) is 0.332. The van der Waals surface area contributed by atoms with Gasteiger partial charge in [-0.2, -0.15) is 0 Å².